The van der Waals surface area contributed by atoms with Crippen molar-refractivity contribution in [1.82, 2.24) is 9.97 Å². The van der Waals surface area contributed by atoms with Crippen molar-refractivity contribution in [3.63, 3.8) is 0 Å². The molecule has 4 heteroatoms. The first kappa shape index (κ1) is 9.03. The van der Waals surface area contributed by atoms with Gasteiger partial charge in [-0.15, -0.1) is 0 Å². The lowest BCUT2D eigenvalue weighted by Gasteiger charge is -2.04. The van der Waals surface area contributed by atoms with Gasteiger partial charge >= 0.3 is 0 Å². The van der Waals surface area contributed by atoms with E-state index in [0.717, 1.165) is 0 Å². The topological polar surface area (TPSA) is 25.8 Å². The zero-order valence-electron chi connectivity index (χ0n) is 6.96. The Morgan fingerprint density at radius 1 is 1.33 bits per heavy atom. The molecule has 1 aromatic rings. The number of aromatic nitrogens is 2. The van der Waals surface area contributed by atoms with Gasteiger partial charge in [0.05, 0.1) is 0 Å². The molecule has 0 atom stereocenters. The summed E-state index contributed by atoms with van der Waals surface area (Å²) in [7, 11) is 0. The zero-order chi connectivity index (χ0) is 9.14. The normalized spacial score (nSPS) is 11.2. The third kappa shape index (κ3) is 1.96. The highest BCUT2D eigenvalue weighted by Crippen LogP contribution is 2.16. The van der Waals surface area contributed by atoms with Gasteiger partial charge in [-0.05, 0) is 12.0 Å². The molecular formula is C8H10F2N2. The van der Waals surface area contributed by atoms with Crippen LogP contribution in [0.25, 0.3) is 0 Å². The average molecular weight is 172 g/mol. The Morgan fingerprint density at radius 3 is 2.50 bits per heavy atom. The molecule has 66 valence electrons. The summed E-state index contributed by atoms with van der Waals surface area (Å²) < 4.78 is 24.2. The van der Waals surface area contributed by atoms with E-state index in [1.165, 1.54) is 6.20 Å². The average Bonchev–Trinajstić information content (AvgIpc) is 2.04. The van der Waals surface area contributed by atoms with Crippen molar-refractivity contribution in [2.24, 2.45) is 0 Å². The van der Waals surface area contributed by atoms with Gasteiger partial charge in [0.25, 0.3) is 6.43 Å². The van der Waals surface area contributed by atoms with Crippen LogP contribution in [0, 0.1) is 0 Å². The summed E-state index contributed by atoms with van der Waals surface area (Å²) in [4.78, 5) is 7.17. The second kappa shape index (κ2) is 3.56. The van der Waals surface area contributed by atoms with Crippen molar-refractivity contribution in [1.29, 1.82) is 0 Å². The third-order valence-corrected chi connectivity index (χ3v) is 1.48. The maximum atomic E-state index is 12.1. The minimum absolute atomic E-state index is 0.158. The maximum Gasteiger partial charge on any atom is 0.297 e. The van der Waals surface area contributed by atoms with Crippen molar-refractivity contribution in [2.45, 2.75) is 26.2 Å². The Labute approximate surface area is 69.7 Å². The van der Waals surface area contributed by atoms with E-state index >= 15 is 0 Å². The van der Waals surface area contributed by atoms with Crippen LogP contribution in [-0.4, -0.2) is 9.97 Å². The fourth-order valence-corrected chi connectivity index (χ4v) is 0.815. The smallest absolute Gasteiger partial charge is 0.236 e. The standard InChI is InChI=1S/C8H10F2N2/c1-5(2)6-3-4-11-8(12-6)7(9)10/h3-5,7H,1-2H3. The number of nitrogens with zero attached hydrogens (tertiary/aromatic N) is 2. The number of alkyl halides is 2. The van der Waals surface area contributed by atoms with Gasteiger partial charge < -0.3 is 0 Å². The Hall–Kier alpha value is -1.06. The molecule has 0 N–H and O–H groups in total. The molecule has 12 heavy (non-hydrogen) atoms. The molecule has 0 aliphatic rings. The molecular weight excluding hydrogens is 162 g/mol. The molecule has 1 aromatic heterocycles. The van der Waals surface area contributed by atoms with Gasteiger partial charge in [-0.3, -0.25) is 0 Å². The van der Waals surface area contributed by atoms with Crippen molar-refractivity contribution in [3.05, 3.63) is 23.8 Å². The van der Waals surface area contributed by atoms with E-state index in [2.05, 4.69) is 9.97 Å². The van der Waals surface area contributed by atoms with Gasteiger partial charge in [0.1, 0.15) is 0 Å². The molecule has 0 amide bonds. The van der Waals surface area contributed by atoms with E-state index in [0.29, 0.717) is 5.69 Å². The van der Waals surface area contributed by atoms with Crippen molar-refractivity contribution >= 4 is 0 Å². The summed E-state index contributed by atoms with van der Waals surface area (Å²) in [5.41, 5.74) is 0.653. The quantitative estimate of drug-likeness (QED) is 0.685. The van der Waals surface area contributed by atoms with Crippen molar-refractivity contribution in [2.75, 3.05) is 0 Å². The predicted molar refractivity (Wildman–Crippen MR) is 41.1 cm³/mol. The van der Waals surface area contributed by atoms with Gasteiger partial charge in [-0.2, -0.15) is 0 Å². The summed E-state index contributed by atoms with van der Waals surface area (Å²) in [6.45, 7) is 3.80. The van der Waals surface area contributed by atoms with Crippen LogP contribution in [0.2, 0.25) is 0 Å². The first-order valence-corrected chi connectivity index (χ1v) is 3.72. The molecule has 0 spiro atoms. The molecule has 0 bridgehead atoms. The van der Waals surface area contributed by atoms with E-state index in [1.54, 1.807) is 6.07 Å². The lowest BCUT2D eigenvalue weighted by Crippen LogP contribution is -2.00. The fraction of sp³-hybridized carbons (Fsp3) is 0.500. The molecule has 1 heterocycles. The van der Waals surface area contributed by atoms with Crippen molar-refractivity contribution in [3.8, 4) is 0 Å². The fourth-order valence-electron chi connectivity index (χ4n) is 0.815. The van der Waals surface area contributed by atoms with Gasteiger partial charge in [0, 0.05) is 11.9 Å². The highest BCUT2D eigenvalue weighted by Gasteiger charge is 2.11. The van der Waals surface area contributed by atoms with Crippen LogP contribution in [0.15, 0.2) is 12.3 Å². The van der Waals surface area contributed by atoms with E-state index in [4.69, 9.17) is 0 Å². The minimum Gasteiger partial charge on any atom is -0.236 e. The summed E-state index contributed by atoms with van der Waals surface area (Å²) >= 11 is 0. The van der Waals surface area contributed by atoms with Gasteiger partial charge in [0.15, 0.2) is 5.82 Å². The van der Waals surface area contributed by atoms with Crippen LogP contribution in [0.4, 0.5) is 8.78 Å². The van der Waals surface area contributed by atoms with Crippen LogP contribution >= 0.6 is 0 Å². The molecule has 0 radical (unpaired) electrons. The van der Waals surface area contributed by atoms with Crippen molar-refractivity contribution < 1.29 is 8.78 Å². The molecule has 0 aliphatic carbocycles. The molecule has 0 saturated heterocycles. The predicted octanol–water partition coefficient (Wildman–Crippen LogP) is 2.54. The van der Waals surface area contributed by atoms with Crippen LogP contribution in [0.1, 0.15) is 37.7 Å². The second-order valence-corrected chi connectivity index (χ2v) is 2.80. The van der Waals surface area contributed by atoms with Gasteiger partial charge in [-0.25, -0.2) is 18.7 Å². The number of hydrogen-bond donors (Lipinski definition) is 0. The number of hydrogen-bond acceptors (Lipinski definition) is 2. The monoisotopic (exact) mass is 172 g/mol. The Balaban J connectivity index is 2.96. The van der Waals surface area contributed by atoms with Gasteiger partial charge in [-0.1, -0.05) is 13.8 Å². The van der Waals surface area contributed by atoms with Crippen LogP contribution in [-0.2, 0) is 0 Å². The van der Waals surface area contributed by atoms with E-state index in [-0.39, 0.29) is 11.7 Å². The molecule has 0 aromatic carbocycles. The number of rotatable bonds is 2. The molecule has 0 aliphatic heterocycles. The van der Waals surface area contributed by atoms with Crippen LogP contribution in [0.5, 0.6) is 0 Å². The molecule has 0 saturated carbocycles. The largest absolute Gasteiger partial charge is 0.297 e. The van der Waals surface area contributed by atoms with Gasteiger partial charge in [0.2, 0.25) is 0 Å². The van der Waals surface area contributed by atoms with E-state index in [9.17, 15) is 8.78 Å². The van der Waals surface area contributed by atoms with Crippen LogP contribution < -0.4 is 0 Å². The first-order valence-electron chi connectivity index (χ1n) is 3.72. The summed E-state index contributed by atoms with van der Waals surface area (Å²) in [5, 5.41) is 0. The molecule has 2 nitrogen and oxygen atoms in total. The minimum atomic E-state index is -2.58. The summed E-state index contributed by atoms with van der Waals surface area (Å²) in [6.07, 6.45) is -1.22. The Morgan fingerprint density at radius 2 is 2.00 bits per heavy atom. The Bertz CT molecular complexity index is 238. The Kier molecular flexibility index (Phi) is 2.68. The maximum absolute atomic E-state index is 12.1. The van der Waals surface area contributed by atoms with E-state index in [1.807, 2.05) is 13.8 Å². The lowest BCUT2D eigenvalue weighted by atomic mass is 10.1. The van der Waals surface area contributed by atoms with Crippen LogP contribution in [0.3, 0.4) is 0 Å². The third-order valence-electron chi connectivity index (χ3n) is 1.48. The summed E-state index contributed by atoms with van der Waals surface area (Å²) in [5.74, 6) is -0.230. The zero-order valence-corrected chi connectivity index (χ0v) is 6.96. The second-order valence-electron chi connectivity index (χ2n) is 2.80. The SMILES string of the molecule is CC(C)c1ccnc(C(F)F)n1. The molecule has 0 fully saturated rings. The molecule has 1 rings (SSSR count). The highest BCUT2D eigenvalue weighted by molar-refractivity contribution is 5.06. The first-order chi connectivity index (χ1) is 5.61. The number of halogens is 2. The molecule has 0 unspecified atom stereocenters. The van der Waals surface area contributed by atoms with E-state index < -0.39 is 6.43 Å². The summed E-state index contributed by atoms with van der Waals surface area (Å²) in [6, 6.07) is 1.65. The lowest BCUT2D eigenvalue weighted by molar-refractivity contribution is 0.140. The highest BCUT2D eigenvalue weighted by atomic mass is 19.3.